The Bertz CT molecular complexity index is 446. The third kappa shape index (κ3) is 2.69. The number of hydrogen-bond donors (Lipinski definition) is 2. The predicted molar refractivity (Wildman–Crippen MR) is 77.2 cm³/mol. The fourth-order valence-electron chi connectivity index (χ4n) is 2.73. The summed E-state index contributed by atoms with van der Waals surface area (Å²) < 4.78 is 10.7. The fourth-order valence-corrected chi connectivity index (χ4v) is 2.73. The van der Waals surface area contributed by atoms with Crippen LogP contribution in [0.2, 0.25) is 0 Å². The van der Waals surface area contributed by atoms with Crippen LogP contribution in [0.4, 0.5) is 5.69 Å². The second kappa shape index (κ2) is 5.39. The molecule has 2 atom stereocenters. The van der Waals surface area contributed by atoms with Crippen molar-refractivity contribution in [3.8, 4) is 5.75 Å². The molecule has 1 saturated carbocycles. The van der Waals surface area contributed by atoms with Gasteiger partial charge in [-0.25, -0.2) is 0 Å². The van der Waals surface area contributed by atoms with Gasteiger partial charge in [-0.2, -0.15) is 0 Å². The zero-order chi connectivity index (χ0) is 14.0. The van der Waals surface area contributed by atoms with Crippen LogP contribution in [-0.4, -0.2) is 26.4 Å². The average molecular weight is 264 g/mol. The number of nitrogens with two attached hydrogens (primary N) is 1. The van der Waals surface area contributed by atoms with Gasteiger partial charge in [0.25, 0.3) is 0 Å². The molecule has 2 rings (SSSR count). The molecule has 1 fully saturated rings. The third-order valence-electron chi connectivity index (χ3n) is 4.35. The van der Waals surface area contributed by atoms with Crippen LogP contribution < -0.4 is 15.8 Å². The van der Waals surface area contributed by atoms with Crippen LogP contribution in [0, 0.1) is 5.41 Å². The Morgan fingerprint density at radius 3 is 2.68 bits per heavy atom. The van der Waals surface area contributed by atoms with Crippen molar-refractivity contribution in [3.05, 3.63) is 23.8 Å². The van der Waals surface area contributed by atoms with E-state index in [-0.39, 0.29) is 5.41 Å². The molecule has 0 bridgehead atoms. The number of nitrogens with one attached hydrogen (secondary N) is 1. The van der Waals surface area contributed by atoms with E-state index in [9.17, 15) is 0 Å². The lowest BCUT2D eigenvalue weighted by atomic mass is 9.64. The molecule has 4 nitrogen and oxygen atoms in total. The monoisotopic (exact) mass is 264 g/mol. The topological polar surface area (TPSA) is 56.5 Å². The normalized spacial score (nSPS) is 24.8. The summed E-state index contributed by atoms with van der Waals surface area (Å²) in [6.45, 7) is 5.22. The maximum atomic E-state index is 5.99. The van der Waals surface area contributed by atoms with Crippen molar-refractivity contribution < 1.29 is 9.47 Å². The first kappa shape index (κ1) is 14.2. The Labute approximate surface area is 115 Å². The molecule has 0 radical (unpaired) electrons. The quantitative estimate of drug-likeness (QED) is 0.800. The van der Waals surface area contributed by atoms with Gasteiger partial charge in [-0.05, 0) is 30.2 Å². The minimum atomic E-state index is 0.169. The molecular weight excluding hydrogens is 240 g/mol. The van der Waals surface area contributed by atoms with Crippen molar-refractivity contribution in [2.45, 2.75) is 39.0 Å². The fraction of sp³-hybridized carbons (Fsp3) is 0.600. The lowest BCUT2D eigenvalue weighted by molar-refractivity contribution is -0.0978. The molecule has 19 heavy (non-hydrogen) atoms. The molecule has 0 saturated heterocycles. The van der Waals surface area contributed by atoms with Gasteiger partial charge in [0.1, 0.15) is 5.75 Å². The van der Waals surface area contributed by atoms with Crippen molar-refractivity contribution in [2.75, 3.05) is 20.0 Å². The van der Waals surface area contributed by atoms with Crippen LogP contribution in [-0.2, 0) is 11.3 Å². The lowest BCUT2D eigenvalue weighted by Gasteiger charge is -2.51. The molecular formula is C15H24N2O2. The van der Waals surface area contributed by atoms with E-state index in [0.29, 0.717) is 12.1 Å². The van der Waals surface area contributed by atoms with E-state index in [0.717, 1.165) is 30.0 Å². The highest BCUT2D eigenvalue weighted by atomic mass is 16.5. The molecule has 1 aromatic carbocycles. The molecule has 0 aliphatic heterocycles. The SMILES string of the molecule is COc1ccc(N)c(CNC2CC(OC)C2(C)C)c1. The van der Waals surface area contributed by atoms with Crippen LogP contribution in [0.3, 0.4) is 0 Å². The molecule has 4 heteroatoms. The first-order valence-electron chi connectivity index (χ1n) is 6.67. The minimum Gasteiger partial charge on any atom is -0.497 e. The number of rotatable bonds is 5. The molecule has 1 aromatic rings. The molecule has 3 N–H and O–H groups in total. The van der Waals surface area contributed by atoms with Crippen molar-refractivity contribution in [1.29, 1.82) is 0 Å². The number of anilines is 1. The van der Waals surface area contributed by atoms with Gasteiger partial charge >= 0.3 is 0 Å². The van der Waals surface area contributed by atoms with Gasteiger partial charge in [0, 0.05) is 30.8 Å². The van der Waals surface area contributed by atoms with E-state index < -0.39 is 0 Å². The van der Waals surface area contributed by atoms with Gasteiger partial charge in [-0.3, -0.25) is 0 Å². The largest absolute Gasteiger partial charge is 0.497 e. The van der Waals surface area contributed by atoms with E-state index in [2.05, 4.69) is 19.2 Å². The molecule has 1 aliphatic carbocycles. The highest BCUT2D eigenvalue weighted by Gasteiger charge is 2.48. The average Bonchev–Trinajstić information content (AvgIpc) is 2.39. The van der Waals surface area contributed by atoms with E-state index in [1.54, 1.807) is 14.2 Å². The van der Waals surface area contributed by atoms with Crippen LogP contribution in [0.25, 0.3) is 0 Å². The summed E-state index contributed by atoms with van der Waals surface area (Å²) in [5.41, 5.74) is 8.04. The molecule has 0 heterocycles. The summed E-state index contributed by atoms with van der Waals surface area (Å²) >= 11 is 0. The third-order valence-corrected chi connectivity index (χ3v) is 4.35. The summed E-state index contributed by atoms with van der Waals surface area (Å²) in [5.74, 6) is 0.841. The van der Waals surface area contributed by atoms with Gasteiger partial charge in [0.2, 0.25) is 0 Å². The predicted octanol–water partition coefficient (Wildman–Crippen LogP) is 2.18. The smallest absolute Gasteiger partial charge is 0.119 e. The van der Waals surface area contributed by atoms with Gasteiger partial charge in [0.05, 0.1) is 13.2 Å². The summed E-state index contributed by atoms with van der Waals surface area (Å²) in [5, 5.41) is 3.57. The van der Waals surface area contributed by atoms with Gasteiger partial charge in [-0.1, -0.05) is 13.8 Å². The number of methoxy groups -OCH3 is 2. The van der Waals surface area contributed by atoms with Crippen LogP contribution in [0.1, 0.15) is 25.8 Å². The van der Waals surface area contributed by atoms with Crippen LogP contribution in [0.5, 0.6) is 5.75 Å². The molecule has 0 aromatic heterocycles. The molecule has 106 valence electrons. The van der Waals surface area contributed by atoms with Gasteiger partial charge in [-0.15, -0.1) is 0 Å². The summed E-state index contributed by atoms with van der Waals surface area (Å²) in [6.07, 6.45) is 1.39. The zero-order valence-corrected chi connectivity index (χ0v) is 12.2. The number of benzene rings is 1. The maximum Gasteiger partial charge on any atom is 0.119 e. The molecule has 2 unspecified atom stereocenters. The van der Waals surface area contributed by atoms with Gasteiger partial charge in [0.15, 0.2) is 0 Å². The summed E-state index contributed by atoms with van der Waals surface area (Å²) in [4.78, 5) is 0. The minimum absolute atomic E-state index is 0.169. The van der Waals surface area contributed by atoms with E-state index in [1.807, 2.05) is 18.2 Å². The number of ether oxygens (including phenoxy) is 2. The van der Waals surface area contributed by atoms with Crippen molar-refractivity contribution >= 4 is 5.69 Å². The summed E-state index contributed by atoms with van der Waals surface area (Å²) in [6, 6.07) is 6.22. The zero-order valence-electron chi connectivity index (χ0n) is 12.2. The number of hydrogen-bond acceptors (Lipinski definition) is 4. The summed E-state index contributed by atoms with van der Waals surface area (Å²) in [7, 11) is 3.45. The van der Waals surface area contributed by atoms with Crippen molar-refractivity contribution in [2.24, 2.45) is 5.41 Å². The van der Waals surface area contributed by atoms with Gasteiger partial charge < -0.3 is 20.5 Å². The lowest BCUT2D eigenvalue weighted by Crippen LogP contribution is -2.60. The first-order chi connectivity index (χ1) is 8.98. The van der Waals surface area contributed by atoms with E-state index in [4.69, 9.17) is 15.2 Å². The Kier molecular flexibility index (Phi) is 4.02. The highest BCUT2D eigenvalue weighted by molar-refractivity contribution is 5.50. The van der Waals surface area contributed by atoms with Crippen molar-refractivity contribution in [3.63, 3.8) is 0 Å². The second-order valence-electron chi connectivity index (χ2n) is 5.78. The van der Waals surface area contributed by atoms with Crippen molar-refractivity contribution in [1.82, 2.24) is 5.32 Å². The molecule has 0 amide bonds. The Morgan fingerprint density at radius 1 is 1.37 bits per heavy atom. The van der Waals surface area contributed by atoms with E-state index >= 15 is 0 Å². The second-order valence-corrected chi connectivity index (χ2v) is 5.78. The first-order valence-corrected chi connectivity index (χ1v) is 6.67. The van der Waals surface area contributed by atoms with Crippen LogP contribution in [0.15, 0.2) is 18.2 Å². The Balaban J connectivity index is 1.97. The highest BCUT2D eigenvalue weighted by Crippen LogP contribution is 2.42. The van der Waals surface area contributed by atoms with E-state index in [1.165, 1.54) is 0 Å². The standard InChI is InChI=1S/C15H24N2O2/c1-15(2)13(8-14(15)19-4)17-9-10-7-11(18-3)5-6-12(10)16/h5-7,13-14,17H,8-9,16H2,1-4H3. The molecule has 0 spiro atoms. The Hall–Kier alpha value is -1.26. The number of nitrogen functional groups attached to an aromatic ring is 1. The Morgan fingerprint density at radius 2 is 2.11 bits per heavy atom. The molecule has 1 aliphatic rings. The van der Waals surface area contributed by atoms with Crippen LogP contribution >= 0.6 is 0 Å². The maximum absolute atomic E-state index is 5.99.